The molecule has 0 aromatic heterocycles. The summed E-state index contributed by atoms with van der Waals surface area (Å²) < 4.78 is 52.6. The molecule has 2 aliphatic carbocycles. The van der Waals surface area contributed by atoms with Gasteiger partial charge < -0.3 is 0 Å². The Bertz CT molecular complexity index is 1280. The van der Waals surface area contributed by atoms with E-state index in [1.807, 2.05) is 0 Å². The third kappa shape index (κ3) is 3.91. The molecule has 0 N–H and O–H groups in total. The van der Waals surface area contributed by atoms with Crippen LogP contribution in [0.2, 0.25) is 5.32 Å². The molecule has 3 fully saturated rings. The fourth-order valence-electron chi connectivity index (χ4n) is 6.22. The number of halogens is 3. The van der Waals surface area contributed by atoms with Gasteiger partial charge >= 0.3 is 212 Å². The van der Waals surface area contributed by atoms with Crippen LogP contribution in [0.1, 0.15) is 49.0 Å². The van der Waals surface area contributed by atoms with Crippen molar-refractivity contribution in [2.75, 3.05) is 0 Å². The SMILES string of the molecule is CC1(C)C2CCC13C[Se](OC(=O)c1cc([N+](=O)[O-])cc([N+](=O)[O-])c1)(c1ccc(C(F)(F)F)cc1)OC3C2. The second-order valence-electron chi connectivity index (χ2n) is 10.3. The summed E-state index contributed by atoms with van der Waals surface area (Å²) in [6, 6.07) is 6.87. The quantitative estimate of drug-likeness (QED) is 0.266. The van der Waals surface area contributed by atoms with Crippen molar-refractivity contribution in [2.45, 2.75) is 50.7 Å². The van der Waals surface area contributed by atoms with Crippen molar-refractivity contribution in [2.24, 2.45) is 16.7 Å². The number of carbonyl (C=O) groups excluding carboxylic acids is 1. The van der Waals surface area contributed by atoms with Gasteiger partial charge in [0.05, 0.1) is 0 Å². The number of rotatable bonds is 5. The van der Waals surface area contributed by atoms with Crippen molar-refractivity contribution in [1.82, 2.24) is 0 Å². The summed E-state index contributed by atoms with van der Waals surface area (Å²) in [4.78, 5) is 34.3. The molecule has 4 atom stereocenters. The normalized spacial score (nSPS) is 31.4. The van der Waals surface area contributed by atoms with Crippen LogP contribution in [0.5, 0.6) is 0 Å². The van der Waals surface area contributed by atoms with Crippen molar-refractivity contribution >= 4 is 35.3 Å². The van der Waals surface area contributed by atoms with Crippen LogP contribution >= 0.6 is 0 Å². The zero-order chi connectivity index (χ0) is 27.0. The number of benzene rings is 2. The van der Waals surface area contributed by atoms with Gasteiger partial charge in [-0.15, -0.1) is 0 Å². The van der Waals surface area contributed by atoms with Crippen LogP contribution < -0.4 is 4.46 Å². The molecule has 4 unspecified atom stereocenters. The topological polar surface area (TPSA) is 122 Å². The number of nitro benzene ring substituents is 2. The van der Waals surface area contributed by atoms with E-state index in [9.17, 15) is 38.2 Å². The molecule has 2 aromatic rings. The first-order chi connectivity index (χ1) is 17.2. The summed E-state index contributed by atoms with van der Waals surface area (Å²) in [6.07, 6.45) is -2.25. The van der Waals surface area contributed by atoms with Crippen molar-refractivity contribution in [3.8, 4) is 0 Å². The molecule has 1 heterocycles. The summed E-state index contributed by atoms with van der Waals surface area (Å²) in [5, 5.41) is 23.0. The predicted molar refractivity (Wildman–Crippen MR) is 125 cm³/mol. The standard InChI is InChI=1S/C24H23F3N2O7Se/c1-22(2)16-7-8-23(22)13-37(35-20(23)11-16,19-5-3-15(4-6-19)24(25,26)27)36-21(30)14-9-17(28(31)32)12-18(10-14)29(33)34/h3-6,9-10,12,16,20H,7-8,11,13H2,1-2H3. The van der Waals surface area contributed by atoms with Crippen molar-refractivity contribution < 1.29 is 35.5 Å². The van der Waals surface area contributed by atoms with Crippen molar-refractivity contribution in [3.63, 3.8) is 0 Å². The van der Waals surface area contributed by atoms with Gasteiger partial charge in [-0.2, -0.15) is 0 Å². The van der Waals surface area contributed by atoms with Gasteiger partial charge in [-0.25, -0.2) is 0 Å². The van der Waals surface area contributed by atoms with Crippen LogP contribution in [0, 0.1) is 37.0 Å². The van der Waals surface area contributed by atoms with Gasteiger partial charge in [0.25, 0.3) is 0 Å². The van der Waals surface area contributed by atoms with Gasteiger partial charge in [0.1, 0.15) is 0 Å². The summed E-state index contributed by atoms with van der Waals surface area (Å²) in [5.41, 5.74) is -3.03. The maximum absolute atomic E-state index is 13.4. The Labute approximate surface area is 212 Å². The molecule has 13 heteroatoms. The monoisotopic (exact) mass is 588 g/mol. The van der Waals surface area contributed by atoms with E-state index < -0.39 is 58.0 Å². The van der Waals surface area contributed by atoms with Crippen molar-refractivity contribution in [3.05, 3.63) is 73.8 Å². The zero-order valence-corrected chi connectivity index (χ0v) is 21.5. The van der Waals surface area contributed by atoms with E-state index in [-0.39, 0.29) is 16.9 Å². The molecule has 1 aliphatic heterocycles. The second-order valence-corrected chi connectivity index (χ2v) is 15.3. The van der Waals surface area contributed by atoms with Gasteiger partial charge in [0.2, 0.25) is 0 Å². The first-order valence-corrected chi connectivity index (χ1v) is 15.0. The number of alkyl halides is 3. The van der Waals surface area contributed by atoms with E-state index in [4.69, 9.17) is 7.64 Å². The number of fused-ring (bicyclic) bond motifs is 1. The van der Waals surface area contributed by atoms with Gasteiger partial charge in [-0.1, -0.05) is 0 Å². The Morgan fingerprint density at radius 3 is 2.16 bits per heavy atom. The van der Waals surface area contributed by atoms with Gasteiger partial charge in [-0.3, -0.25) is 0 Å². The molecule has 2 aromatic carbocycles. The van der Waals surface area contributed by atoms with E-state index >= 15 is 0 Å². The molecular formula is C24H23F3N2O7Se. The number of hydrogen-bond acceptors (Lipinski definition) is 7. The molecule has 1 spiro atoms. The minimum atomic E-state index is -4.56. The van der Waals surface area contributed by atoms with Crippen LogP contribution in [-0.4, -0.2) is 35.4 Å². The molecule has 0 amide bonds. The van der Waals surface area contributed by atoms with Gasteiger partial charge in [0.15, 0.2) is 0 Å². The first-order valence-electron chi connectivity index (χ1n) is 11.5. The maximum atomic E-state index is 13.4. The molecular weight excluding hydrogens is 564 g/mol. The molecule has 5 rings (SSSR count). The number of nitrogens with zero attached hydrogens (tertiary/aromatic N) is 2. The molecule has 1 saturated heterocycles. The van der Waals surface area contributed by atoms with Gasteiger partial charge in [0, 0.05) is 0 Å². The van der Waals surface area contributed by atoms with E-state index in [1.165, 1.54) is 12.1 Å². The summed E-state index contributed by atoms with van der Waals surface area (Å²) in [5.74, 6) is -0.634. The Hall–Kier alpha value is -3.02. The molecule has 2 bridgehead atoms. The van der Waals surface area contributed by atoms with E-state index in [0.717, 1.165) is 49.6 Å². The fourth-order valence-corrected chi connectivity index (χ4v) is 13.5. The van der Waals surface area contributed by atoms with Gasteiger partial charge in [-0.05, 0) is 0 Å². The minimum absolute atomic E-state index is 0.139. The molecule has 37 heavy (non-hydrogen) atoms. The third-order valence-electron chi connectivity index (χ3n) is 8.39. The third-order valence-corrected chi connectivity index (χ3v) is 14.4. The van der Waals surface area contributed by atoms with E-state index in [1.54, 1.807) is 0 Å². The number of carbonyl (C=O) groups is 1. The Kier molecular flexibility index (Phi) is 5.71. The van der Waals surface area contributed by atoms with Crippen LogP contribution in [-0.2, 0) is 13.8 Å². The molecule has 9 nitrogen and oxygen atoms in total. The summed E-state index contributed by atoms with van der Waals surface area (Å²) in [7, 11) is 0. The molecule has 2 saturated carbocycles. The van der Waals surface area contributed by atoms with Crippen LogP contribution in [0.4, 0.5) is 24.5 Å². The van der Waals surface area contributed by atoms with E-state index in [2.05, 4.69) is 13.8 Å². The fraction of sp³-hybridized carbons (Fsp3) is 0.458. The summed E-state index contributed by atoms with van der Waals surface area (Å²) >= 11 is -3.98. The molecule has 3 aliphatic rings. The summed E-state index contributed by atoms with van der Waals surface area (Å²) in [6.45, 7) is 4.28. The Morgan fingerprint density at radius 1 is 1.08 bits per heavy atom. The second kappa shape index (κ2) is 8.24. The number of non-ortho nitro benzene ring substituents is 2. The Morgan fingerprint density at radius 2 is 1.68 bits per heavy atom. The van der Waals surface area contributed by atoms with Crippen LogP contribution in [0.25, 0.3) is 0 Å². The molecule has 198 valence electrons. The average molecular weight is 587 g/mol. The first kappa shape index (κ1) is 25.6. The average Bonchev–Trinajstić information content (AvgIpc) is 3.37. The van der Waals surface area contributed by atoms with Crippen molar-refractivity contribution in [1.29, 1.82) is 0 Å². The Balaban J connectivity index is 1.57. The zero-order valence-electron chi connectivity index (χ0n) is 19.8. The van der Waals surface area contributed by atoms with Crippen LogP contribution in [0.3, 0.4) is 0 Å². The number of nitro groups is 2. The van der Waals surface area contributed by atoms with Crippen LogP contribution in [0.15, 0.2) is 42.5 Å². The van der Waals surface area contributed by atoms with E-state index in [0.29, 0.717) is 15.7 Å². The molecule has 0 radical (unpaired) electrons. The number of hydrogen-bond donors (Lipinski definition) is 0. The predicted octanol–water partition coefficient (Wildman–Crippen LogP) is 5.25.